The third-order valence-corrected chi connectivity index (χ3v) is 7.41. The van der Waals surface area contributed by atoms with Crippen LogP contribution in [0.25, 0.3) is 6.08 Å². The molecule has 0 saturated heterocycles. The molecule has 4 rings (SSSR count). The quantitative estimate of drug-likeness (QED) is 0.106. The maximum Gasteiger partial charge on any atom is 0.272 e. The van der Waals surface area contributed by atoms with Gasteiger partial charge in [0.2, 0.25) is 5.75 Å². The van der Waals surface area contributed by atoms with Gasteiger partial charge in [-0.05, 0) is 72.3 Å². The highest BCUT2D eigenvalue weighted by atomic mass is 32.2. The molecule has 44 heavy (non-hydrogen) atoms. The lowest BCUT2D eigenvalue weighted by molar-refractivity contribution is -0.113. The van der Waals surface area contributed by atoms with Gasteiger partial charge in [-0.1, -0.05) is 30.3 Å². The number of thioether (sulfide) groups is 1. The van der Waals surface area contributed by atoms with Crippen LogP contribution in [0.15, 0.2) is 102 Å². The molecule has 0 bridgehead atoms. The molecular weight excluding hydrogens is 580 g/mol. The molecule has 0 saturated carbocycles. The maximum atomic E-state index is 13.5. The Kier molecular flexibility index (Phi) is 11.0. The second-order valence-electron chi connectivity index (χ2n) is 9.26. The normalized spacial score (nSPS) is 10.9. The number of carbonyl (C=O) groups excluding carboxylic acids is 3. The highest BCUT2D eigenvalue weighted by Gasteiger charge is 2.18. The van der Waals surface area contributed by atoms with Crippen molar-refractivity contribution in [2.75, 3.05) is 39.5 Å². The van der Waals surface area contributed by atoms with Gasteiger partial charge in [0.05, 0.1) is 34.2 Å². The molecule has 2 N–H and O–H groups in total. The van der Waals surface area contributed by atoms with Crippen molar-refractivity contribution in [2.24, 2.45) is 0 Å². The highest BCUT2D eigenvalue weighted by Crippen LogP contribution is 2.38. The van der Waals surface area contributed by atoms with Crippen LogP contribution in [0.2, 0.25) is 0 Å². The zero-order valence-electron chi connectivity index (χ0n) is 24.7. The molecule has 4 aromatic carbocycles. The van der Waals surface area contributed by atoms with Crippen molar-refractivity contribution in [1.29, 1.82) is 0 Å². The van der Waals surface area contributed by atoms with E-state index >= 15 is 0 Å². The van der Waals surface area contributed by atoms with Crippen molar-refractivity contribution in [3.63, 3.8) is 0 Å². The standard InChI is InChI=1S/C34H32N2O7S/c1-40-26-12-8-11-24(20-26)29(37)21-44-27-15-13-25(14-16-27)35-34(39)28(36-33(38)23-9-6-5-7-10-23)17-22-18-30(41-2)32(43-4)31(19-22)42-3/h5-20H,21H2,1-4H3,(H,35,39)(H,36,38)/b28-17-. The van der Waals surface area contributed by atoms with Crippen LogP contribution in [0.4, 0.5) is 5.69 Å². The van der Waals surface area contributed by atoms with Crippen molar-refractivity contribution < 1.29 is 33.3 Å². The lowest BCUT2D eigenvalue weighted by Crippen LogP contribution is -2.30. The second kappa shape index (κ2) is 15.3. The number of nitrogens with one attached hydrogen (secondary N) is 2. The average Bonchev–Trinajstić information content (AvgIpc) is 3.07. The van der Waals surface area contributed by atoms with Gasteiger partial charge in [0, 0.05) is 21.7 Å². The summed E-state index contributed by atoms with van der Waals surface area (Å²) >= 11 is 1.38. The van der Waals surface area contributed by atoms with Crippen molar-refractivity contribution >= 4 is 41.1 Å². The molecule has 0 heterocycles. The first kappa shape index (κ1) is 31.7. The maximum absolute atomic E-state index is 13.5. The summed E-state index contributed by atoms with van der Waals surface area (Å²) in [6.07, 6.45) is 1.52. The summed E-state index contributed by atoms with van der Waals surface area (Å²) in [5.74, 6) is 1.03. The Morgan fingerprint density at radius 2 is 1.39 bits per heavy atom. The number of rotatable bonds is 13. The Labute approximate surface area is 260 Å². The minimum absolute atomic E-state index is 0.00420. The fourth-order valence-electron chi connectivity index (χ4n) is 4.16. The SMILES string of the molecule is COc1cccc(C(=O)CSc2ccc(NC(=O)/C(=C/c3cc(OC)c(OC)c(OC)c3)NC(=O)c3ccccc3)cc2)c1. The summed E-state index contributed by atoms with van der Waals surface area (Å²) in [5, 5.41) is 5.55. The van der Waals surface area contributed by atoms with E-state index in [0.717, 1.165) is 4.90 Å². The monoisotopic (exact) mass is 612 g/mol. The van der Waals surface area contributed by atoms with E-state index in [0.29, 0.717) is 45.4 Å². The fraction of sp³-hybridized carbons (Fsp3) is 0.147. The number of methoxy groups -OCH3 is 4. The lowest BCUT2D eigenvalue weighted by atomic mass is 10.1. The Balaban J connectivity index is 1.52. The third kappa shape index (κ3) is 8.20. The number of hydrogen-bond donors (Lipinski definition) is 2. The Bertz CT molecular complexity index is 1630. The van der Waals surface area contributed by atoms with E-state index in [4.69, 9.17) is 18.9 Å². The second-order valence-corrected chi connectivity index (χ2v) is 10.3. The number of ether oxygens (including phenoxy) is 4. The Hall–Kier alpha value is -5.22. The van der Waals surface area contributed by atoms with Gasteiger partial charge in [0.25, 0.3) is 11.8 Å². The lowest BCUT2D eigenvalue weighted by Gasteiger charge is -2.15. The van der Waals surface area contributed by atoms with E-state index in [1.165, 1.54) is 39.2 Å². The van der Waals surface area contributed by atoms with E-state index in [1.54, 1.807) is 86.0 Å². The van der Waals surface area contributed by atoms with Crippen molar-refractivity contribution in [3.05, 3.63) is 113 Å². The van der Waals surface area contributed by atoms with E-state index in [9.17, 15) is 14.4 Å². The summed E-state index contributed by atoms with van der Waals surface area (Å²) in [5.41, 5.74) is 2.00. The average molecular weight is 613 g/mol. The number of hydrogen-bond acceptors (Lipinski definition) is 8. The fourth-order valence-corrected chi connectivity index (χ4v) is 4.95. The summed E-state index contributed by atoms with van der Waals surface area (Å²) < 4.78 is 21.5. The summed E-state index contributed by atoms with van der Waals surface area (Å²) in [4.78, 5) is 40.0. The molecule has 0 unspecified atom stereocenters. The van der Waals surface area contributed by atoms with E-state index in [2.05, 4.69) is 10.6 Å². The van der Waals surface area contributed by atoms with Crippen molar-refractivity contribution in [1.82, 2.24) is 5.32 Å². The number of benzene rings is 4. The molecule has 226 valence electrons. The van der Waals surface area contributed by atoms with Gasteiger partial charge in [0.1, 0.15) is 11.4 Å². The zero-order valence-corrected chi connectivity index (χ0v) is 25.5. The molecule has 0 fully saturated rings. The minimum atomic E-state index is -0.545. The summed E-state index contributed by atoms with van der Waals surface area (Å²) in [6, 6.07) is 26.0. The van der Waals surface area contributed by atoms with E-state index in [1.807, 2.05) is 12.1 Å². The first-order valence-corrected chi connectivity index (χ1v) is 14.4. The molecule has 0 aliphatic carbocycles. The molecule has 0 atom stereocenters. The number of carbonyl (C=O) groups is 3. The molecule has 2 amide bonds. The van der Waals surface area contributed by atoms with Gasteiger partial charge in [-0.15, -0.1) is 11.8 Å². The molecular formula is C34H32N2O7S. The molecule has 0 aliphatic rings. The summed E-state index contributed by atoms with van der Waals surface area (Å²) in [6.45, 7) is 0. The minimum Gasteiger partial charge on any atom is -0.497 e. The predicted molar refractivity (Wildman–Crippen MR) is 171 cm³/mol. The largest absolute Gasteiger partial charge is 0.497 e. The molecule has 0 radical (unpaired) electrons. The number of Topliss-reactive ketones (excluding diaryl/α,β-unsaturated/α-hetero) is 1. The van der Waals surface area contributed by atoms with Crippen LogP contribution in [0.5, 0.6) is 23.0 Å². The van der Waals surface area contributed by atoms with Gasteiger partial charge in [-0.2, -0.15) is 0 Å². The van der Waals surface area contributed by atoms with Crippen LogP contribution in [-0.4, -0.2) is 51.8 Å². The molecule has 0 aromatic heterocycles. The Morgan fingerprint density at radius 3 is 2.00 bits per heavy atom. The van der Waals surface area contributed by atoms with Crippen LogP contribution >= 0.6 is 11.8 Å². The highest BCUT2D eigenvalue weighted by molar-refractivity contribution is 8.00. The van der Waals surface area contributed by atoms with Gasteiger partial charge in [-0.25, -0.2) is 0 Å². The van der Waals surface area contributed by atoms with Gasteiger partial charge in [0.15, 0.2) is 17.3 Å². The molecule has 0 aliphatic heterocycles. The number of amides is 2. The topological polar surface area (TPSA) is 112 Å². The van der Waals surface area contributed by atoms with E-state index in [-0.39, 0.29) is 17.2 Å². The Morgan fingerprint density at radius 1 is 0.727 bits per heavy atom. The van der Waals surface area contributed by atoms with Crippen LogP contribution < -0.4 is 29.6 Å². The van der Waals surface area contributed by atoms with Crippen LogP contribution in [0.3, 0.4) is 0 Å². The first-order chi connectivity index (χ1) is 21.3. The third-order valence-electron chi connectivity index (χ3n) is 6.40. The predicted octanol–water partition coefficient (Wildman–Crippen LogP) is 6.11. The van der Waals surface area contributed by atoms with Gasteiger partial charge >= 0.3 is 0 Å². The van der Waals surface area contributed by atoms with Gasteiger partial charge < -0.3 is 29.6 Å². The van der Waals surface area contributed by atoms with Crippen LogP contribution in [-0.2, 0) is 4.79 Å². The van der Waals surface area contributed by atoms with Crippen molar-refractivity contribution in [2.45, 2.75) is 4.90 Å². The molecule has 4 aromatic rings. The van der Waals surface area contributed by atoms with Crippen LogP contribution in [0.1, 0.15) is 26.3 Å². The van der Waals surface area contributed by atoms with E-state index < -0.39 is 11.8 Å². The van der Waals surface area contributed by atoms with Crippen LogP contribution in [0, 0.1) is 0 Å². The van der Waals surface area contributed by atoms with Gasteiger partial charge in [-0.3, -0.25) is 14.4 Å². The number of ketones is 1. The smallest absolute Gasteiger partial charge is 0.272 e. The number of anilines is 1. The summed E-state index contributed by atoms with van der Waals surface area (Å²) in [7, 11) is 6.04. The zero-order chi connectivity index (χ0) is 31.5. The molecule has 0 spiro atoms. The van der Waals surface area contributed by atoms with Crippen molar-refractivity contribution in [3.8, 4) is 23.0 Å². The molecule has 9 nitrogen and oxygen atoms in total. The first-order valence-electron chi connectivity index (χ1n) is 13.4. The molecule has 10 heteroatoms.